The summed E-state index contributed by atoms with van der Waals surface area (Å²) in [7, 11) is 0. The maximum absolute atomic E-state index is 12.6. The number of primary amides is 1. The monoisotopic (exact) mass is 269 g/mol. The van der Waals surface area contributed by atoms with Crippen molar-refractivity contribution in [3.63, 3.8) is 0 Å². The highest BCUT2D eigenvalue weighted by Crippen LogP contribution is 2.30. The highest BCUT2D eigenvalue weighted by atomic mass is 16.5. The first-order valence-electron chi connectivity index (χ1n) is 6.93. The van der Waals surface area contributed by atoms with Crippen LogP contribution in [-0.2, 0) is 14.3 Å². The first-order valence-corrected chi connectivity index (χ1v) is 6.93. The molecule has 1 saturated carbocycles. The van der Waals surface area contributed by atoms with Crippen LogP contribution in [0.5, 0.6) is 0 Å². The molecule has 2 rings (SSSR count). The van der Waals surface area contributed by atoms with Crippen molar-refractivity contribution in [3.05, 3.63) is 0 Å². The van der Waals surface area contributed by atoms with Gasteiger partial charge in [-0.2, -0.15) is 0 Å². The van der Waals surface area contributed by atoms with Gasteiger partial charge in [0.1, 0.15) is 6.04 Å². The lowest BCUT2D eigenvalue weighted by atomic mass is 9.78. The molecule has 4 atom stereocenters. The molecular weight excluding hydrogens is 246 g/mol. The Morgan fingerprint density at radius 2 is 2.05 bits per heavy atom. The molecule has 0 spiro atoms. The Hall–Kier alpha value is -1.14. The van der Waals surface area contributed by atoms with E-state index in [9.17, 15) is 9.59 Å². The van der Waals surface area contributed by atoms with Crippen LogP contribution in [0.2, 0.25) is 0 Å². The molecule has 0 radical (unpaired) electrons. The zero-order valence-corrected chi connectivity index (χ0v) is 11.4. The van der Waals surface area contributed by atoms with Gasteiger partial charge >= 0.3 is 0 Å². The normalized spacial score (nSPS) is 36.0. The minimum absolute atomic E-state index is 0.0360. The van der Waals surface area contributed by atoms with Gasteiger partial charge in [0, 0.05) is 12.6 Å². The van der Waals surface area contributed by atoms with E-state index in [4.69, 9.17) is 16.2 Å². The van der Waals surface area contributed by atoms with E-state index >= 15 is 0 Å². The van der Waals surface area contributed by atoms with Crippen LogP contribution in [0.15, 0.2) is 0 Å². The molecule has 0 aromatic rings. The van der Waals surface area contributed by atoms with Gasteiger partial charge < -0.3 is 21.1 Å². The second kappa shape index (κ2) is 5.88. The summed E-state index contributed by atoms with van der Waals surface area (Å²) >= 11 is 0. The van der Waals surface area contributed by atoms with Gasteiger partial charge in [0.05, 0.1) is 19.1 Å². The maximum Gasteiger partial charge on any atom is 0.242 e. The van der Waals surface area contributed by atoms with E-state index in [1.54, 1.807) is 4.90 Å². The largest absolute Gasteiger partial charge is 0.377 e. The van der Waals surface area contributed by atoms with Gasteiger partial charge in [-0.15, -0.1) is 0 Å². The lowest BCUT2D eigenvalue weighted by molar-refractivity contribution is -0.152. The van der Waals surface area contributed by atoms with Crippen molar-refractivity contribution >= 4 is 11.8 Å². The molecule has 6 nitrogen and oxygen atoms in total. The van der Waals surface area contributed by atoms with E-state index in [0.29, 0.717) is 19.1 Å². The molecule has 6 heteroatoms. The second-order valence-electron chi connectivity index (χ2n) is 5.71. The molecule has 0 aromatic carbocycles. The standard InChI is InChI=1S/C13H23N3O3/c1-8-2-3-10(14)9(6-8)13(18)16-4-5-19-7-11(16)12(15)17/h8-11H,2-7,14H2,1H3,(H2,15,17). The summed E-state index contributed by atoms with van der Waals surface area (Å²) in [4.78, 5) is 25.6. The molecule has 1 aliphatic carbocycles. The maximum atomic E-state index is 12.6. The first kappa shape index (κ1) is 14.3. The number of hydrogen-bond donors (Lipinski definition) is 2. The summed E-state index contributed by atoms with van der Waals surface area (Å²) in [5.74, 6) is -0.234. The smallest absolute Gasteiger partial charge is 0.242 e. The highest BCUT2D eigenvalue weighted by molar-refractivity contribution is 5.88. The van der Waals surface area contributed by atoms with Gasteiger partial charge in [0.2, 0.25) is 11.8 Å². The summed E-state index contributed by atoms with van der Waals surface area (Å²) in [5, 5.41) is 0. The number of nitrogens with two attached hydrogens (primary N) is 2. The molecule has 19 heavy (non-hydrogen) atoms. The zero-order valence-electron chi connectivity index (χ0n) is 11.4. The SMILES string of the molecule is CC1CCC(N)C(C(=O)N2CCOCC2C(N)=O)C1. The van der Waals surface area contributed by atoms with Crippen LogP contribution in [-0.4, -0.2) is 48.6 Å². The number of nitrogens with zero attached hydrogens (tertiary/aromatic N) is 1. The summed E-state index contributed by atoms with van der Waals surface area (Å²) in [5.41, 5.74) is 11.4. The second-order valence-corrected chi connectivity index (χ2v) is 5.71. The number of hydrogen-bond acceptors (Lipinski definition) is 4. The van der Waals surface area contributed by atoms with Crippen molar-refractivity contribution in [2.75, 3.05) is 19.8 Å². The molecule has 2 fully saturated rings. The van der Waals surface area contributed by atoms with Crippen molar-refractivity contribution in [1.29, 1.82) is 0 Å². The number of carbonyl (C=O) groups excluding carboxylic acids is 2. The van der Waals surface area contributed by atoms with Gasteiger partial charge in [-0.1, -0.05) is 6.92 Å². The van der Waals surface area contributed by atoms with Crippen LogP contribution in [0, 0.1) is 11.8 Å². The Labute approximate surface area is 113 Å². The van der Waals surface area contributed by atoms with Gasteiger partial charge in [0.15, 0.2) is 0 Å². The third-order valence-corrected chi connectivity index (χ3v) is 4.22. The lowest BCUT2D eigenvalue weighted by Gasteiger charge is -2.39. The van der Waals surface area contributed by atoms with Crippen molar-refractivity contribution in [3.8, 4) is 0 Å². The topological polar surface area (TPSA) is 98.7 Å². The number of morpholine rings is 1. The number of rotatable bonds is 2. The fourth-order valence-electron chi connectivity index (χ4n) is 3.00. The Kier molecular flexibility index (Phi) is 4.42. The molecule has 1 heterocycles. The fourth-order valence-corrected chi connectivity index (χ4v) is 3.00. The van der Waals surface area contributed by atoms with Crippen molar-refractivity contribution < 1.29 is 14.3 Å². The van der Waals surface area contributed by atoms with E-state index in [1.807, 2.05) is 0 Å². The van der Waals surface area contributed by atoms with Crippen molar-refractivity contribution in [2.24, 2.45) is 23.3 Å². The molecule has 0 bridgehead atoms. The third-order valence-electron chi connectivity index (χ3n) is 4.22. The molecule has 108 valence electrons. The lowest BCUT2D eigenvalue weighted by Crippen LogP contribution is -2.58. The molecule has 2 amide bonds. The summed E-state index contributed by atoms with van der Waals surface area (Å²) in [6.45, 7) is 3.20. The molecule has 1 saturated heterocycles. The van der Waals surface area contributed by atoms with Gasteiger partial charge in [-0.05, 0) is 25.2 Å². The Morgan fingerprint density at radius 1 is 1.32 bits per heavy atom. The molecule has 4 N–H and O–H groups in total. The Morgan fingerprint density at radius 3 is 2.74 bits per heavy atom. The highest BCUT2D eigenvalue weighted by Gasteiger charge is 2.39. The van der Waals surface area contributed by atoms with Crippen LogP contribution < -0.4 is 11.5 Å². The molecule has 2 aliphatic rings. The average molecular weight is 269 g/mol. The van der Waals surface area contributed by atoms with Crippen LogP contribution >= 0.6 is 0 Å². The number of carbonyl (C=O) groups is 2. The van der Waals surface area contributed by atoms with E-state index in [1.165, 1.54) is 0 Å². The Bertz CT molecular complexity index is 361. The Balaban J connectivity index is 2.10. The quantitative estimate of drug-likeness (QED) is 0.703. The van der Waals surface area contributed by atoms with Crippen LogP contribution in [0.25, 0.3) is 0 Å². The predicted octanol–water partition coefficient (Wildman–Crippen LogP) is -0.537. The molecule has 0 aromatic heterocycles. The van der Waals surface area contributed by atoms with Crippen LogP contribution in [0.1, 0.15) is 26.2 Å². The third kappa shape index (κ3) is 3.06. The minimum atomic E-state index is -0.648. The van der Waals surface area contributed by atoms with Crippen molar-refractivity contribution in [1.82, 2.24) is 4.90 Å². The molecule has 1 aliphatic heterocycles. The van der Waals surface area contributed by atoms with Crippen LogP contribution in [0.4, 0.5) is 0 Å². The fraction of sp³-hybridized carbons (Fsp3) is 0.846. The average Bonchev–Trinajstić information content (AvgIpc) is 2.40. The zero-order chi connectivity index (χ0) is 14.0. The predicted molar refractivity (Wildman–Crippen MR) is 70.0 cm³/mol. The minimum Gasteiger partial charge on any atom is -0.377 e. The van der Waals surface area contributed by atoms with E-state index in [0.717, 1.165) is 19.3 Å². The first-order chi connectivity index (χ1) is 9.00. The summed E-state index contributed by atoms with van der Waals surface area (Å²) in [6.07, 6.45) is 2.72. The van der Waals surface area contributed by atoms with E-state index in [-0.39, 0.29) is 24.5 Å². The number of amides is 2. The van der Waals surface area contributed by atoms with E-state index in [2.05, 4.69) is 6.92 Å². The van der Waals surface area contributed by atoms with Crippen molar-refractivity contribution in [2.45, 2.75) is 38.3 Å². The molecular formula is C13H23N3O3. The van der Waals surface area contributed by atoms with Gasteiger partial charge in [-0.3, -0.25) is 9.59 Å². The van der Waals surface area contributed by atoms with Gasteiger partial charge in [-0.25, -0.2) is 0 Å². The molecule has 4 unspecified atom stereocenters. The number of ether oxygens (including phenoxy) is 1. The summed E-state index contributed by atoms with van der Waals surface area (Å²) < 4.78 is 5.23. The van der Waals surface area contributed by atoms with Gasteiger partial charge in [0.25, 0.3) is 0 Å². The van der Waals surface area contributed by atoms with Crippen LogP contribution in [0.3, 0.4) is 0 Å². The summed E-state index contributed by atoms with van der Waals surface area (Å²) in [6, 6.07) is -0.759. The van der Waals surface area contributed by atoms with E-state index < -0.39 is 11.9 Å².